The number of hydrogen-bond donors (Lipinski definition) is 1. The Labute approximate surface area is 68.8 Å². The second kappa shape index (κ2) is 3.73. The van der Waals surface area contributed by atoms with E-state index in [1.807, 2.05) is 0 Å². The van der Waals surface area contributed by atoms with Gasteiger partial charge in [-0.2, -0.15) is 13.7 Å². The van der Waals surface area contributed by atoms with Crippen molar-refractivity contribution in [3.63, 3.8) is 0 Å². The number of hydrogen-bond acceptors (Lipinski definition) is 5. The lowest BCUT2D eigenvalue weighted by Gasteiger charge is -1.93. The summed E-state index contributed by atoms with van der Waals surface area (Å²) in [6, 6.07) is 1.25. The predicted octanol–water partition coefficient (Wildman–Crippen LogP) is -0.545. The summed E-state index contributed by atoms with van der Waals surface area (Å²) in [5, 5.41) is 16.3. The van der Waals surface area contributed by atoms with Crippen LogP contribution in [0.5, 0.6) is 0 Å². The summed E-state index contributed by atoms with van der Waals surface area (Å²) in [5.74, 6) is -1.54. The fourth-order valence-corrected chi connectivity index (χ4v) is 0.531. The first-order valence-corrected chi connectivity index (χ1v) is 4.40. The average molecular weight is 191 g/mol. The van der Waals surface area contributed by atoms with Crippen molar-refractivity contribution in [2.75, 3.05) is 6.26 Å². The molecular formula is C5H5NO5S. The summed E-state index contributed by atoms with van der Waals surface area (Å²) in [5.41, 5.74) is -0.777. The molecule has 0 spiro atoms. The average Bonchev–Trinajstić information content (AvgIpc) is 1.85. The molecule has 0 aromatic rings. The molecule has 7 heteroatoms. The number of carbonyl (C=O) groups is 1. The number of carboxylic acid groups (broad SMARTS) is 1. The molecule has 0 saturated heterocycles. The standard InChI is InChI=1S/C5H5NO5S/c1-12(9,10)11-3-4(2-6)5(7)8/h3H,1H3,(H,7,8). The van der Waals surface area contributed by atoms with Gasteiger partial charge in [0.25, 0.3) is 0 Å². The molecule has 0 bridgehead atoms. The largest absolute Gasteiger partial charge is 0.477 e. The zero-order valence-corrected chi connectivity index (χ0v) is 6.83. The van der Waals surface area contributed by atoms with Crippen LogP contribution in [0.1, 0.15) is 0 Å². The maximum atomic E-state index is 10.3. The van der Waals surface area contributed by atoms with E-state index in [9.17, 15) is 13.2 Å². The van der Waals surface area contributed by atoms with Crippen LogP contribution in [0.2, 0.25) is 0 Å². The number of rotatable bonds is 3. The highest BCUT2D eigenvalue weighted by molar-refractivity contribution is 7.86. The Morgan fingerprint density at radius 1 is 1.67 bits per heavy atom. The first-order chi connectivity index (χ1) is 5.37. The second-order valence-electron chi connectivity index (χ2n) is 1.75. The smallest absolute Gasteiger partial charge is 0.349 e. The predicted molar refractivity (Wildman–Crippen MR) is 37.3 cm³/mol. The van der Waals surface area contributed by atoms with Gasteiger partial charge in [0.05, 0.1) is 6.26 Å². The molecule has 0 fully saturated rings. The van der Waals surface area contributed by atoms with Gasteiger partial charge in [0, 0.05) is 0 Å². The maximum Gasteiger partial charge on any atom is 0.349 e. The van der Waals surface area contributed by atoms with Crippen molar-refractivity contribution in [1.29, 1.82) is 5.26 Å². The van der Waals surface area contributed by atoms with E-state index in [2.05, 4.69) is 4.18 Å². The monoisotopic (exact) mass is 191 g/mol. The number of nitrogens with zero attached hydrogens (tertiary/aromatic N) is 1. The van der Waals surface area contributed by atoms with Crippen LogP contribution >= 0.6 is 0 Å². The molecule has 0 unspecified atom stereocenters. The Kier molecular flexibility index (Phi) is 3.25. The third kappa shape index (κ3) is 4.29. The van der Waals surface area contributed by atoms with Crippen LogP contribution < -0.4 is 0 Å². The molecule has 66 valence electrons. The Morgan fingerprint density at radius 2 is 2.17 bits per heavy atom. The van der Waals surface area contributed by atoms with Gasteiger partial charge in [0.2, 0.25) is 0 Å². The first kappa shape index (κ1) is 10.4. The van der Waals surface area contributed by atoms with Gasteiger partial charge in [-0.1, -0.05) is 0 Å². The van der Waals surface area contributed by atoms with Gasteiger partial charge in [0.15, 0.2) is 5.57 Å². The zero-order valence-electron chi connectivity index (χ0n) is 6.01. The molecule has 0 atom stereocenters. The normalized spacial score (nSPS) is 11.8. The van der Waals surface area contributed by atoms with E-state index in [-0.39, 0.29) is 0 Å². The molecule has 0 heterocycles. The Hall–Kier alpha value is -1.55. The molecule has 0 rings (SSSR count). The molecule has 1 N–H and O–H groups in total. The van der Waals surface area contributed by atoms with Crippen molar-refractivity contribution in [1.82, 2.24) is 0 Å². The van der Waals surface area contributed by atoms with E-state index < -0.39 is 21.7 Å². The Morgan fingerprint density at radius 3 is 2.42 bits per heavy atom. The highest BCUT2D eigenvalue weighted by atomic mass is 32.2. The van der Waals surface area contributed by atoms with Gasteiger partial charge in [-0.3, -0.25) is 0 Å². The first-order valence-electron chi connectivity index (χ1n) is 2.58. The summed E-state index contributed by atoms with van der Waals surface area (Å²) < 4.78 is 24.6. The highest BCUT2D eigenvalue weighted by Gasteiger charge is 2.07. The topological polar surface area (TPSA) is 104 Å². The summed E-state index contributed by atoms with van der Waals surface area (Å²) in [6.45, 7) is 0. The van der Waals surface area contributed by atoms with Gasteiger partial charge in [0.1, 0.15) is 12.3 Å². The maximum absolute atomic E-state index is 10.3. The van der Waals surface area contributed by atoms with Crippen LogP contribution in [0.4, 0.5) is 0 Å². The van der Waals surface area contributed by atoms with Crippen LogP contribution in [-0.4, -0.2) is 25.7 Å². The third-order valence-electron chi connectivity index (χ3n) is 0.692. The van der Waals surface area contributed by atoms with Crippen molar-refractivity contribution in [3.8, 4) is 6.07 Å². The lowest BCUT2D eigenvalue weighted by Crippen LogP contribution is -2.02. The lowest BCUT2D eigenvalue weighted by molar-refractivity contribution is -0.132. The van der Waals surface area contributed by atoms with Crippen molar-refractivity contribution in [2.45, 2.75) is 0 Å². The minimum absolute atomic E-state index is 0.373. The lowest BCUT2D eigenvalue weighted by atomic mass is 10.3. The number of aliphatic carboxylic acids is 1. The van der Waals surface area contributed by atoms with Crippen LogP contribution in [0.15, 0.2) is 11.8 Å². The third-order valence-corrected chi connectivity index (χ3v) is 1.14. The van der Waals surface area contributed by atoms with E-state index in [0.29, 0.717) is 6.26 Å². The van der Waals surface area contributed by atoms with E-state index in [4.69, 9.17) is 10.4 Å². The second-order valence-corrected chi connectivity index (χ2v) is 3.35. The van der Waals surface area contributed by atoms with Crippen molar-refractivity contribution in [3.05, 3.63) is 11.8 Å². The van der Waals surface area contributed by atoms with Crippen LogP contribution in [-0.2, 0) is 19.1 Å². The van der Waals surface area contributed by atoms with Crippen molar-refractivity contribution < 1.29 is 22.5 Å². The Balaban J connectivity index is 4.58. The zero-order chi connectivity index (χ0) is 9.78. The SMILES string of the molecule is CS(=O)(=O)OC=C(C#N)C(=O)O. The van der Waals surface area contributed by atoms with E-state index in [1.165, 1.54) is 6.07 Å². The van der Waals surface area contributed by atoms with E-state index >= 15 is 0 Å². The summed E-state index contributed by atoms with van der Waals surface area (Å²) in [6.07, 6.45) is 1.11. The van der Waals surface area contributed by atoms with Gasteiger partial charge in [-0.05, 0) is 0 Å². The minimum atomic E-state index is -3.75. The fraction of sp³-hybridized carbons (Fsp3) is 0.200. The van der Waals surface area contributed by atoms with E-state index in [0.717, 1.165) is 6.26 Å². The van der Waals surface area contributed by atoms with Gasteiger partial charge < -0.3 is 9.29 Å². The molecule has 0 aromatic carbocycles. The van der Waals surface area contributed by atoms with Crippen LogP contribution in [0.25, 0.3) is 0 Å². The molecule has 0 saturated carbocycles. The quantitative estimate of drug-likeness (QED) is 0.278. The minimum Gasteiger partial charge on any atom is -0.477 e. The van der Waals surface area contributed by atoms with Crippen molar-refractivity contribution in [2.24, 2.45) is 0 Å². The molecule has 6 nitrogen and oxygen atoms in total. The highest BCUT2D eigenvalue weighted by Crippen LogP contribution is 1.96. The molecule has 0 amide bonds. The molecule has 12 heavy (non-hydrogen) atoms. The van der Waals surface area contributed by atoms with Gasteiger partial charge in [-0.25, -0.2) is 4.79 Å². The number of nitriles is 1. The fourth-order valence-electron chi connectivity index (χ4n) is 0.260. The summed E-state index contributed by atoms with van der Waals surface area (Å²) in [7, 11) is -3.75. The summed E-state index contributed by atoms with van der Waals surface area (Å²) in [4.78, 5) is 10.1. The molecule has 0 aliphatic rings. The molecule has 0 radical (unpaired) electrons. The number of carboxylic acids is 1. The van der Waals surface area contributed by atoms with Crippen LogP contribution in [0.3, 0.4) is 0 Å². The van der Waals surface area contributed by atoms with Crippen molar-refractivity contribution >= 4 is 16.1 Å². The molecular weight excluding hydrogens is 186 g/mol. The van der Waals surface area contributed by atoms with E-state index in [1.54, 1.807) is 0 Å². The van der Waals surface area contributed by atoms with Crippen LogP contribution in [0, 0.1) is 11.3 Å². The molecule has 0 aliphatic heterocycles. The Bertz CT molecular complexity index is 347. The molecule has 0 aromatic heterocycles. The van der Waals surface area contributed by atoms with Gasteiger partial charge in [-0.15, -0.1) is 0 Å². The van der Waals surface area contributed by atoms with Gasteiger partial charge >= 0.3 is 16.1 Å². The summed E-state index contributed by atoms with van der Waals surface area (Å²) >= 11 is 0. The molecule has 0 aliphatic carbocycles.